The van der Waals surface area contributed by atoms with E-state index in [4.69, 9.17) is 14.2 Å². The van der Waals surface area contributed by atoms with E-state index < -0.39 is 17.7 Å². The molecule has 0 bridgehead atoms. The van der Waals surface area contributed by atoms with E-state index in [0.29, 0.717) is 45.6 Å². The summed E-state index contributed by atoms with van der Waals surface area (Å²) in [6.45, 7) is 12.0. The van der Waals surface area contributed by atoms with E-state index in [0.717, 1.165) is 37.7 Å². The summed E-state index contributed by atoms with van der Waals surface area (Å²) >= 11 is 0. The second kappa shape index (κ2) is 16.6. The number of esters is 2. The number of unbranched alkanes of at least 4 members (excludes halogenated alkanes) is 1. The first-order chi connectivity index (χ1) is 20.5. The van der Waals surface area contributed by atoms with E-state index in [1.807, 2.05) is 65.0 Å². The van der Waals surface area contributed by atoms with Crippen molar-refractivity contribution in [1.82, 2.24) is 15.1 Å². The zero-order valence-electron chi connectivity index (χ0n) is 26.6. The monoisotopic (exact) mass is 601 g/mol. The highest BCUT2D eigenvalue weighted by atomic mass is 16.6. The number of rotatable bonds is 13. The van der Waals surface area contributed by atoms with Gasteiger partial charge in [0.25, 0.3) is 0 Å². The number of hydrogen-bond donors (Lipinski definition) is 1. The zero-order chi connectivity index (χ0) is 31.4. The number of likely N-dealkylation sites (tertiary alicyclic amines) is 2. The van der Waals surface area contributed by atoms with Crippen molar-refractivity contribution in [2.75, 3.05) is 32.8 Å². The third-order valence-corrected chi connectivity index (χ3v) is 8.14. The van der Waals surface area contributed by atoms with Gasteiger partial charge in [-0.05, 0) is 91.2 Å². The maximum absolute atomic E-state index is 13.1. The number of benzene rings is 1. The van der Waals surface area contributed by atoms with Crippen LogP contribution in [0, 0.1) is 11.8 Å². The fraction of sp³-hybridized carbons (Fsp3) is 0.697. The molecule has 2 heterocycles. The summed E-state index contributed by atoms with van der Waals surface area (Å²) in [5.41, 5.74) is 0.354. The Bertz CT molecular complexity index is 1050. The largest absolute Gasteiger partial charge is 0.466 e. The highest BCUT2D eigenvalue weighted by molar-refractivity contribution is 5.88. The Kier molecular flexibility index (Phi) is 13.3. The summed E-state index contributed by atoms with van der Waals surface area (Å²) in [6, 6.07) is 8.65. The fourth-order valence-corrected chi connectivity index (χ4v) is 5.88. The van der Waals surface area contributed by atoms with Gasteiger partial charge in [-0.2, -0.15) is 0 Å². The average Bonchev–Trinajstić information content (AvgIpc) is 3.47. The number of piperidine rings is 1. The molecule has 10 nitrogen and oxygen atoms in total. The van der Waals surface area contributed by atoms with Gasteiger partial charge in [-0.15, -0.1) is 0 Å². The molecule has 1 aromatic rings. The SMILES string of the molecule is CCOC(=O)C(CCCCN[C@@H](C)C(=O)N1CCC[C@H]1C(=O)OC(C)(C)C)C1CCN(C(=O)OCc2ccccc2)CC1. The molecule has 2 aliphatic rings. The zero-order valence-corrected chi connectivity index (χ0v) is 26.6. The predicted molar refractivity (Wildman–Crippen MR) is 163 cm³/mol. The summed E-state index contributed by atoms with van der Waals surface area (Å²) in [4.78, 5) is 54.5. The first-order valence-electron chi connectivity index (χ1n) is 15.9. The quantitative estimate of drug-likeness (QED) is 0.197. The molecule has 0 aliphatic carbocycles. The number of nitrogens with one attached hydrogen (secondary N) is 1. The third kappa shape index (κ3) is 10.8. The predicted octanol–water partition coefficient (Wildman–Crippen LogP) is 4.70. The van der Waals surface area contributed by atoms with Gasteiger partial charge in [0.1, 0.15) is 18.2 Å². The standard InChI is InChI=1S/C33H51N3O7/c1-6-41-30(38)27(26-17-21-35(22-18-26)32(40)42-23-25-13-8-7-9-14-25)15-10-11-19-34-24(2)29(37)36-20-12-16-28(36)31(39)43-33(3,4)5/h7-9,13-14,24,26-28,34H,6,10-12,15-23H2,1-5H3/t24-,27?,28-/m0/s1. The fourth-order valence-electron chi connectivity index (χ4n) is 5.88. The lowest BCUT2D eigenvalue weighted by molar-refractivity contribution is -0.163. The van der Waals surface area contributed by atoms with Crippen LogP contribution < -0.4 is 5.32 Å². The molecule has 0 spiro atoms. The molecule has 1 unspecified atom stereocenters. The molecule has 2 aliphatic heterocycles. The smallest absolute Gasteiger partial charge is 0.410 e. The highest BCUT2D eigenvalue weighted by Crippen LogP contribution is 2.30. The Balaban J connectivity index is 1.41. The lowest BCUT2D eigenvalue weighted by Gasteiger charge is -2.34. The molecule has 2 amide bonds. The Hall–Kier alpha value is -3.14. The average molecular weight is 602 g/mol. The van der Waals surface area contributed by atoms with E-state index in [1.165, 1.54) is 0 Å². The van der Waals surface area contributed by atoms with Crippen molar-refractivity contribution in [3.8, 4) is 0 Å². The summed E-state index contributed by atoms with van der Waals surface area (Å²) in [7, 11) is 0. The maximum atomic E-state index is 13.1. The molecule has 240 valence electrons. The second-order valence-electron chi connectivity index (χ2n) is 12.6. The van der Waals surface area contributed by atoms with E-state index in [-0.39, 0.29) is 42.4 Å². The second-order valence-corrected chi connectivity index (χ2v) is 12.6. The van der Waals surface area contributed by atoms with Crippen LogP contribution in [0.5, 0.6) is 0 Å². The number of hydrogen-bond acceptors (Lipinski definition) is 8. The number of amides is 2. The van der Waals surface area contributed by atoms with E-state index in [9.17, 15) is 19.2 Å². The van der Waals surface area contributed by atoms with Gasteiger partial charge >= 0.3 is 18.0 Å². The molecule has 1 N–H and O–H groups in total. The molecule has 3 rings (SSSR count). The van der Waals surface area contributed by atoms with Gasteiger partial charge < -0.3 is 29.3 Å². The van der Waals surface area contributed by atoms with Crippen LogP contribution in [0.1, 0.15) is 85.1 Å². The molecule has 0 saturated carbocycles. The van der Waals surface area contributed by atoms with Crippen LogP contribution >= 0.6 is 0 Å². The number of carbonyl (C=O) groups excluding carboxylic acids is 4. The van der Waals surface area contributed by atoms with Crippen LogP contribution in [0.4, 0.5) is 4.79 Å². The van der Waals surface area contributed by atoms with E-state index in [2.05, 4.69) is 5.32 Å². The number of nitrogens with zero attached hydrogens (tertiary/aromatic N) is 2. The third-order valence-electron chi connectivity index (χ3n) is 8.14. The van der Waals surface area contributed by atoms with Crippen molar-refractivity contribution < 1.29 is 33.4 Å². The van der Waals surface area contributed by atoms with Crippen LogP contribution in [0.2, 0.25) is 0 Å². The number of carbonyl (C=O) groups is 4. The molecule has 3 atom stereocenters. The van der Waals surface area contributed by atoms with Crippen LogP contribution in [0.15, 0.2) is 30.3 Å². The molecular formula is C33H51N3O7. The van der Waals surface area contributed by atoms with Crippen molar-refractivity contribution in [2.45, 2.75) is 104 Å². The van der Waals surface area contributed by atoms with E-state index in [1.54, 1.807) is 9.80 Å². The highest BCUT2D eigenvalue weighted by Gasteiger charge is 2.38. The van der Waals surface area contributed by atoms with Crippen molar-refractivity contribution >= 4 is 23.9 Å². The van der Waals surface area contributed by atoms with Crippen molar-refractivity contribution in [2.24, 2.45) is 11.8 Å². The minimum Gasteiger partial charge on any atom is -0.466 e. The lowest BCUT2D eigenvalue weighted by atomic mass is 9.81. The topological polar surface area (TPSA) is 114 Å². The first-order valence-corrected chi connectivity index (χ1v) is 15.9. The van der Waals surface area contributed by atoms with Gasteiger partial charge in [-0.3, -0.25) is 9.59 Å². The summed E-state index contributed by atoms with van der Waals surface area (Å²) in [6.07, 6.45) is 4.83. The Morgan fingerprint density at radius 1 is 0.977 bits per heavy atom. The lowest BCUT2D eigenvalue weighted by Crippen LogP contribution is -2.50. The Morgan fingerprint density at radius 3 is 2.33 bits per heavy atom. The minimum atomic E-state index is -0.592. The van der Waals surface area contributed by atoms with Crippen LogP contribution in [-0.2, 0) is 35.2 Å². The molecule has 2 fully saturated rings. The number of ether oxygens (including phenoxy) is 3. The van der Waals surface area contributed by atoms with Gasteiger partial charge in [0, 0.05) is 19.6 Å². The Labute approximate surface area is 256 Å². The molecule has 10 heteroatoms. The molecule has 2 saturated heterocycles. The summed E-state index contributed by atoms with van der Waals surface area (Å²) < 4.78 is 16.4. The molecule has 0 aromatic heterocycles. The summed E-state index contributed by atoms with van der Waals surface area (Å²) in [5, 5.41) is 3.30. The van der Waals surface area contributed by atoms with Gasteiger partial charge in [0.05, 0.1) is 18.6 Å². The minimum absolute atomic E-state index is 0.0909. The van der Waals surface area contributed by atoms with Gasteiger partial charge in [-0.25, -0.2) is 9.59 Å². The van der Waals surface area contributed by atoms with Crippen molar-refractivity contribution in [3.05, 3.63) is 35.9 Å². The normalized spacial score (nSPS) is 19.0. The first kappa shape index (κ1) is 34.4. The van der Waals surface area contributed by atoms with Gasteiger partial charge in [0.2, 0.25) is 5.91 Å². The van der Waals surface area contributed by atoms with Gasteiger partial charge in [0.15, 0.2) is 0 Å². The van der Waals surface area contributed by atoms with Crippen molar-refractivity contribution in [3.63, 3.8) is 0 Å². The van der Waals surface area contributed by atoms with Crippen LogP contribution in [0.25, 0.3) is 0 Å². The molecular weight excluding hydrogens is 550 g/mol. The van der Waals surface area contributed by atoms with Crippen molar-refractivity contribution in [1.29, 1.82) is 0 Å². The van der Waals surface area contributed by atoms with Crippen LogP contribution in [-0.4, -0.2) is 84.2 Å². The summed E-state index contributed by atoms with van der Waals surface area (Å²) in [5.74, 6) is -0.685. The molecule has 43 heavy (non-hydrogen) atoms. The Morgan fingerprint density at radius 2 is 1.67 bits per heavy atom. The van der Waals surface area contributed by atoms with Crippen LogP contribution in [0.3, 0.4) is 0 Å². The maximum Gasteiger partial charge on any atom is 0.410 e. The molecule has 0 radical (unpaired) electrons. The van der Waals surface area contributed by atoms with E-state index >= 15 is 0 Å². The van der Waals surface area contributed by atoms with Gasteiger partial charge in [-0.1, -0.05) is 36.8 Å². The molecule has 1 aromatic carbocycles.